The van der Waals surface area contributed by atoms with Crippen molar-refractivity contribution in [3.8, 4) is 0 Å². The van der Waals surface area contributed by atoms with Crippen LogP contribution in [0.4, 0.5) is 0 Å². The van der Waals surface area contributed by atoms with Crippen LogP contribution in [0.1, 0.15) is 19.0 Å². The lowest BCUT2D eigenvalue weighted by Gasteiger charge is -1.98. The molecule has 0 aliphatic rings. The lowest BCUT2D eigenvalue weighted by Crippen LogP contribution is -2.01. The summed E-state index contributed by atoms with van der Waals surface area (Å²) in [5.74, 6) is 0.116. The SMILES string of the molecule is C=C(C)C(=O)CCc1ccccn1. The summed E-state index contributed by atoms with van der Waals surface area (Å²) in [6, 6.07) is 5.71. The molecule has 13 heavy (non-hydrogen) atoms. The normalized spacial score (nSPS) is 9.62. The van der Waals surface area contributed by atoms with E-state index in [1.54, 1.807) is 13.1 Å². The zero-order valence-electron chi connectivity index (χ0n) is 7.79. The van der Waals surface area contributed by atoms with Crippen LogP contribution in [0.25, 0.3) is 0 Å². The number of aryl methyl sites for hydroxylation is 1. The van der Waals surface area contributed by atoms with Crippen molar-refractivity contribution >= 4 is 5.78 Å². The first kappa shape index (κ1) is 9.65. The highest BCUT2D eigenvalue weighted by atomic mass is 16.1. The van der Waals surface area contributed by atoms with Gasteiger partial charge in [-0.2, -0.15) is 0 Å². The van der Waals surface area contributed by atoms with Gasteiger partial charge in [0.15, 0.2) is 5.78 Å². The van der Waals surface area contributed by atoms with Gasteiger partial charge in [-0.1, -0.05) is 12.6 Å². The molecule has 0 unspecified atom stereocenters. The monoisotopic (exact) mass is 175 g/mol. The molecule has 0 aliphatic heterocycles. The molecule has 0 radical (unpaired) electrons. The van der Waals surface area contributed by atoms with Gasteiger partial charge >= 0.3 is 0 Å². The molecular formula is C11H13NO. The third-order valence-corrected chi connectivity index (χ3v) is 1.81. The second-order valence-corrected chi connectivity index (χ2v) is 3.02. The fourth-order valence-electron chi connectivity index (χ4n) is 1.00. The molecule has 0 spiro atoms. The summed E-state index contributed by atoms with van der Waals surface area (Å²) in [7, 11) is 0. The van der Waals surface area contributed by atoms with Crippen LogP contribution in [0.2, 0.25) is 0 Å². The molecule has 1 heterocycles. The summed E-state index contributed by atoms with van der Waals surface area (Å²) < 4.78 is 0. The third-order valence-electron chi connectivity index (χ3n) is 1.81. The molecule has 1 rings (SSSR count). The van der Waals surface area contributed by atoms with E-state index in [2.05, 4.69) is 11.6 Å². The summed E-state index contributed by atoms with van der Waals surface area (Å²) in [6.45, 7) is 5.33. The number of carbonyl (C=O) groups excluding carboxylic acids is 1. The highest BCUT2D eigenvalue weighted by Crippen LogP contribution is 2.02. The van der Waals surface area contributed by atoms with E-state index < -0.39 is 0 Å². The Labute approximate surface area is 78.3 Å². The van der Waals surface area contributed by atoms with Crippen LogP contribution in [-0.2, 0) is 11.2 Å². The van der Waals surface area contributed by atoms with Gasteiger partial charge in [-0.3, -0.25) is 9.78 Å². The number of hydrogen-bond donors (Lipinski definition) is 0. The van der Waals surface area contributed by atoms with E-state index in [1.165, 1.54) is 0 Å². The lowest BCUT2D eigenvalue weighted by atomic mass is 10.1. The van der Waals surface area contributed by atoms with Gasteiger partial charge in [0.25, 0.3) is 0 Å². The van der Waals surface area contributed by atoms with Crippen molar-refractivity contribution in [3.05, 3.63) is 42.2 Å². The van der Waals surface area contributed by atoms with Crippen molar-refractivity contribution < 1.29 is 4.79 Å². The Kier molecular flexibility index (Phi) is 3.38. The molecule has 0 bridgehead atoms. The molecule has 0 amide bonds. The second kappa shape index (κ2) is 4.55. The number of Topliss-reactive ketones (excluding diaryl/α,β-unsaturated/α-hetero) is 1. The topological polar surface area (TPSA) is 30.0 Å². The molecule has 2 heteroatoms. The number of rotatable bonds is 4. The van der Waals surface area contributed by atoms with Gasteiger partial charge in [-0.25, -0.2) is 0 Å². The third kappa shape index (κ3) is 3.20. The first-order valence-corrected chi connectivity index (χ1v) is 4.29. The Morgan fingerprint density at radius 1 is 1.54 bits per heavy atom. The van der Waals surface area contributed by atoms with Gasteiger partial charge in [0.2, 0.25) is 0 Å². The highest BCUT2D eigenvalue weighted by Gasteiger charge is 2.02. The van der Waals surface area contributed by atoms with Crippen LogP contribution < -0.4 is 0 Å². The average Bonchev–Trinajstić information content (AvgIpc) is 2.15. The van der Waals surface area contributed by atoms with Crippen LogP contribution in [0, 0.1) is 0 Å². The fourth-order valence-corrected chi connectivity index (χ4v) is 1.00. The van der Waals surface area contributed by atoms with Crippen LogP contribution in [0.15, 0.2) is 36.5 Å². The fraction of sp³-hybridized carbons (Fsp3) is 0.273. The summed E-state index contributed by atoms with van der Waals surface area (Å²) in [6.07, 6.45) is 2.94. The predicted molar refractivity (Wildman–Crippen MR) is 52.4 cm³/mol. The molecule has 1 aromatic rings. The Morgan fingerprint density at radius 2 is 2.31 bits per heavy atom. The summed E-state index contributed by atoms with van der Waals surface area (Å²) in [5, 5.41) is 0. The van der Waals surface area contributed by atoms with E-state index in [9.17, 15) is 4.79 Å². The smallest absolute Gasteiger partial charge is 0.158 e. The molecule has 0 atom stereocenters. The summed E-state index contributed by atoms with van der Waals surface area (Å²) in [5.41, 5.74) is 1.58. The molecule has 0 aliphatic carbocycles. The maximum atomic E-state index is 11.2. The minimum Gasteiger partial charge on any atom is -0.295 e. The van der Waals surface area contributed by atoms with Crippen molar-refractivity contribution in [2.24, 2.45) is 0 Å². The van der Waals surface area contributed by atoms with E-state index in [0.717, 1.165) is 5.69 Å². The first-order valence-electron chi connectivity index (χ1n) is 4.29. The first-order chi connectivity index (χ1) is 6.20. The number of ketones is 1. The highest BCUT2D eigenvalue weighted by molar-refractivity contribution is 5.94. The molecule has 0 aromatic carbocycles. The number of nitrogens with zero attached hydrogens (tertiary/aromatic N) is 1. The molecule has 1 aromatic heterocycles. The van der Waals surface area contributed by atoms with Gasteiger partial charge in [0.1, 0.15) is 0 Å². The quantitative estimate of drug-likeness (QED) is 0.656. The van der Waals surface area contributed by atoms with Crippen molar-refractivity contribution in [2.45, 2.75) is 19.8 Å². The van der Waals surface area contributed by atoms with E-state index in [1.807, 2.05) is 18.2 Å². The van der Waals surface area contributed by atoms with Crippen molar-refractivity contribution in [1.29, 1.82) is 0 Å². The number of carbonyl (C=O) groups is 1. The average molecular weight is 175 g/mol. The largest absolute Gasteiger partial charge is 0.295 e. The van der Waals surface area contributed by atoms with Crippen molar-refractivity contribution in [3.63, 3.8) is 0 Å². The van der Waals surface area contributed by atoms with Crippen LogP contribution in [0.5, 0.6) is 0 Å². The van der Waals surface area contributed by atoms with Crippen molar-refractivity contribution in [2.75, 3.05) is 0 Å². The second-order valence-electron chi connectivity index (χ2n) is 3.02. The van der Waals surface area contributed by atoms with E-state index in [0.29, 0.717) is 18.4 Å². The van der Waals surface area contributed by atoms with Crippen LogP contribution in [0.3, 0.4) is 0 Å². The molecule has 0 fully saturated rings. The predicted octanol–water partition coefficient (Wildman–Crippen LogP) is 2.16. The Bertz CT molecular complexity index is 303. The number of allylic oxidation sites excluding steroid dienone is 1. The zero-order chi connectivity index (χ0) is 9.68. The summed E-state index contributed by atoms with van der Waals surface area (Å²) >= 11 is 0. The Morgan fingerprint density at radius 3 is 2.85 bits per heavy atom. The zero-order valence-corrected chi connectivity index (χ0v) is 7.79. The summed E-state index contributed by atoms with van der Waals surface area (Å²) in [4.78, 5) is 15.3. The van der Waals surface area contributed by atoms with E-state index >= 15 is 0 Å². The van der Waals surface area contributed by atoms with Gasteiger partial charge in [0.05, 0.1) is 0 Å². The maximum Gasteiger partial charge on any atom is 0.158 e. The molecule has 68 valence electrons. The van der Waals surface area contributed by atoms with Crippen LogP contribution >= 0.6 is 0 Å². The van der Waals surface area contributed by atoms with E-state index in [-0.39, 0.29) is 5.78 Å². The molecule has 2 nitrogen and oxygen atoms in total. The number of aromatic nitrogens is 1. The standard InChI is InChI=1S/C11H13NO/c1-9(2)11(13)7-6-10-5-3-4-8-12-10/h3-5,8H,1,6-7H2,2H3. The molecular weight excluding hydrogens is 162 g/mol. The molecule has 0 N–H and O–H groups in total. The van der Waals surface area contributed by atoms with Crippen molar-refractivity contribution in [1.82, 2.24) is 4.98 Å². The Hall–Kier alpha value is -1.44. The van der Waals surface area contributed by atoms with Crippen LogP contribution in [-0.4, -0.2) is 10.8 Å². The number of pyridine rings is 1. The minimum atomic E-state index is 0.116. The van der Waals surface area contributed by atoms with Gasteiger partial charge in [0, 0.05) is 18.3 Å². The number of hydrogen-bond acceptors (Lipinski definition) is 2. The van der Waals surface area contributed by atoms with Gasteiger partial charge < -0.3 is 0 Å². The molecule has 0 saturated carbocycles. The minimum absolute atomic E-state index is 0.116. The maximum absolute atomic E-state index is 11.2. The van der Waals surface area contributed by atoms with Gasteiger partial charge in [-0.15, -0.1) is 0 Å². The van der Waals surface area contributed by atoms with Gasteiger partial charge in [-0.05, 0) is 31.1 Å². The Balaban J connectivity index is 2.44. The lowest BCUT2D eigenvalue weighted by molar-refractivity contribution is -0.115. The van der Waals surface area contributed by atoms with E-state index in [4.69, 9.17) is 0 Å². The molecule has 0 saturated heterocycles.